The predicted molar refractivity (Wildman–Crippen MR) is 53.5 cm³/mol. The maximum Gasteiger partial charge on any atom is 0.328 e. The highest BCUT2D eigenvalue weighted by Crippen LogP contribution is 1.97. The second-order valence-corrected chi connectivity index (χ2v) is 2.10. The smallest absolute Gasteiger partial charge is 0.328 e. The Morgan fingerprint density at radius 2 is 2.23 bits per heavy atom. The standard InChI is InChI=1S/C7H8N2O2.2CH4/c1-5-8-4-6(9-5)2-3-7(10)11;;/h2-4H,1H3,(H,8,9)(H,10,11);2*1H4/b3-2+;;. The van der Waals surface area contributed by atoms with Crippen molar-refractivity contribution in [3.63, 3.8) is 0 Å². The zero-order chi connectivity index (χ0) is 8.27. The molecular weight excluding hydrogens is 168 g/mol. The number of aliphatic carboxylic acids is 1. The number of hydrogen-bond acceptors (Lipinski definition) is 2. The average Bonchev–Trinajstić information content (AvgIpc) is 2.31. The quantitative estimate of drug-likeness (QED) is 0.691. The van der Waals surface area contributed by atoms with E-state index in [4.69, 9.17) is 5.11 Å². The maximum absolute atomic E-state index is 10.1. The largest absolute Gasteiger partial charge is 0.478 e. The Morgan fingerprint density at radius 3 is 2.62 bits per heavy atom. The zero-order valence-electron chi connectivity index (χ0n) is 6.03. The van der Waals surface area contributed by atoms with Crippen molar-refractivity contribution in [1.82, 2.24) is 9.97 Å². The van der Waals surface area contributed by atoms with Gasteiger partial charge in [0.05, 0.1) is 11.9 Å². The van der Waals surface area contributed by atoms with Gasteiger partial charge in [0.1, 0.15) is 5.82 Å². The number of rotatable bonds is 2. The molecule has 0 unspecified atom stereocenters. The summed E-state index contributed by atoms with van der Waals surface area (Å²) in [4.78, 5) is 16.8. The highest BCUT2D eigenvalue weighted by atomic mass is 16.4. The Morgan fingerprint density at radius 1 is 1.62 bits per heavy atom. The van der Waals surface area contributed by atoms with Gasteiger partial charge in [-0.15, -0.1) is 0 Å². The Hall–Kier alpha value is -1.58. The van der Waals surface area contributed by atoms with Crippen molar-refractivity contribution in [2.24, 2.45) is 0 Å². The van der Waals surface area contributed by atoms with Crippen LogP contribution in [0.4, 0.5) is 0 Å². The van der Waals surface area contributed by atoms with Gasteiger partial charge in [-0.2, -0.15) is 0 Å². The lowest BCUT2D eigenvalue weighted by Crippen LogP contribution is -1.85. The van der Waals surface area contributed by atoms with Gasteiger partial charge < -0.3 is 10.1 Å². The Kier molecular flexibility index (Phi) is 6.44. The van der Waals surface area contributed by atoms with Gasteiger partial charge in [0.15, 0.2) is 0 Å². The van der Waals surface area contributed by atoms with Crippen LogP contribution in [0.5, 0.6) is 0 Å². The van der Waals surface area contributed by atoms with Gasteiger partial charge in [-0.3, -0.25) is 0 Å². The Bertz CT molecular complexity index is 290. The van der Waals surface area contributed by atoms with Gasteiger partial charge in [0, 0.05) is 6.08 Å². The van der Waals surface area contributed by atoms with Gasteiger partial charge in [0.2, 0.25) is 0 Å². The van der Waals surface area contributed by atoms with Gasteiger partial charge in [-0.25, -0.2) is 9.78 Å². The second-order valence-electron chi connectivity index (χ2n) is 2.10. The van der Waals surface area contributed by atoms with Crippen LogP contribution in [0.15, 0.2) is 12.3 Å². The number of hydrogen-bond donors (Lipinski definition) is 2. The van der Waals surface area contributed by atoms with Crippen LogP contribution in [-0.2, 0) is 4.79 Å². The van der Waals surface area contributed by atoms with Crippen molar-refractivity contribution in [1.29, 1.82) is 0 Å². The molecule has 0 amide bonds. The summed E-state index contributed by atoms with van der Waals surface area (Å²) in [6.07, 6.45) is 4.10. The lowest BCUT2D eigenvalue weighted by Gasteiger charge is -1.81. The minimum absolute atomic E-state index is 0. The highest BCUT2D eigenvalue weighted by molar-refractivity contribution is 5.84. The zero-order valence-corrected chi connectivity index (χ0v) is 6.03. The van der Waals surface area contributed by atoms with Gasteiger partial charge in [-0.1, -0.05) is 14.9 Å². The van der Waals surface area contributed by atoms with Gasteiger partial charge >= 0.3 is 5.97 Å². The first kappa shape index (κ1) is 14.0. The third-order valence-electron chi connectivity index (χ3n) is 1.13. The molecule has 0 atom stereocenters. The van der Waals surface area contributed by atoms with Crippen molar-refractivity contribution in [3.05, 3.63) is 23.8 Å². The summed E-state index contributed by atoms with van der Waals surface area (Å²) in [6, 6.07) is 0. The van der Waals surface area contributed by atoms with E-state index >= 15 is 0 Å². The second kappa shape index (κ2) is 5.99. The van der Waals surface area contributed by atoms with Gasteiger partial charge in [0.25, 0.3) is 0 Å². The first-order chi connectivity index (χ1) is 5.18. The van der Waals surface area contributed by atoms with Crippen molar-refractivity contribution < 1.29 is 9.90 Å². The van der Waals surface area contributed by atoms with E-state index in [1.165, 1.54) is 6.08 Å². The monoisotopic (exact) mass is 184 g/mol. The first-order valence-electron chi connectivity index (χ1n) is 3.11. The summed E-state index contributed by atoms with van der Waals surface area (Å²) in [5.41, 5.74) is 0.699. The molecule has 13 heavy (non-hydrogen) atoms. The molecule has 1 aromatic rings. The summed E-state index contributed by atoms with van der Waals surface area (Å²) in [6.45, 7) is 1.80. The molecule has 0 aromatic carbocycles. The predicted octanol–water partition coefficient (Wildman–Crippen LogP) is 2.09. The third-order valence-corrected chi connectivity index (χ3v) is 1.13. The number of carbonyl (C=O) groups is 1. The van der Waals surface area contributed by atoms with Crippen molar-refractivity contribution >= 4 is 12.0 Å². The minimum atomic E-state index is -0.961. The number of aryl methyl sites for hydroxylation is 1. The fraction of sp³-hybridized carbons (Fsp3) is 0.333. The third kappa shape index (κ3) is 4.79. The molecule has 0 aliphatic heterocycles. The lowest BCUT2D eigenvalue weighted by atomic mass is 10.4. The number of H-pyrrole nitrogens is 1. The van der Waals surface area contributed by atoms with E-state index in [0.717, 1.165) is 11.9 Å². The molecule has 2 N–H and O–H groups in total. The van der Waals surface area contributed by atoms with E-state index < -0.39 is 5.97 Å². The fourth-order valence-electron chi connectivity index (χ4n) is 0.686. The van der Waals surface area contributed by atoms with E-state index in [1.54, 1.807) is 13.1 Å². The molecule has 0 radical (unpaired) electrons. The van der Waals surface area contributed by atoms with Crippen LogP contribution in [0.1, 0.15) is 26.4 Å². The topological polar surface area (TPSA) is 66.0 Å². The number of imidazole rings is 1. The highest BCUT2D eigenvalue weighted by Gasteiger charge is 1.91. The Labute approximate surface area is 78.3 Å². The molecule has 0 bridgehead atoms. The average molecular weight is 184 g/mol. The Balaban J connectivity index is 0. The normalized spacial score (nSPS) is 9.00. The molecule has 4 nitrogen and oxygen atoms in total. The van der Waals surface area contributed by atoms with E-state index in [-0.39, 0.29) is 14.9 Å². The van der Waals surface area contributed by atoms with E-state index in [0.29, 0.717) is 5.69 Å². The molecule has 0 spiro atoms. The van der Waals surface area contributed by atoms with Crippen LogP contribution >= 0.6 is 0 Å². The fourth-order valence-corrected chi connectivity index (χ4v) is 0.686. The van der Waals surface area contributed by atoms with E-state index in [9.17, 15) is 4.79 Å². The first-order valence-corrected chi connectivity index (χ1v) is 3.11. The van der Waals surface area contributed by atoms with E-state index in [1.807, 2.05) is 0 Å². The van der Waals surface area contributed by atoms with Crippen LogP contribution in [0.2, 0.25) is 0 Å². The van der Waals surface area contributed by atoms with Crippen LogP contribution in [0, 0.1) is 6.92 Å². The summed E-state index contributed by atoms with van der Waals surface area (Å²) < 4.78 is 0. The molecule has 0 aliphatic carbocycles. The van der Waals surface area contributed by atoms with Crippen molar-refractivity contribution in [2.45, 2.75) is 21.8 Å². The summed E-state index contributed by atoms with van der Waals surface area (Å²) in [7, 11) is 0. The number of carboxylic acids is 1. The van der Waals surface area contributed by atoms with Crippen LogP contribution < -0.4 is 0 Å². The molecule has 1 rings (SSSR count). The number of nitrogens with zero attached hydrogens (tertiary/aromatic N) is 1. The lowest BCUT2D eigenvalue weighted by molar-refractivity contribution is -0.131. The summed E-state index contributed by atoms with van der Waals surface area (Å²) in [5, 5.41) is 8.26. The number of aromatic nitrogens is 2. The molecule has 0 fully saturated rings. The SMILES string of the molecule is C.C.Cc1ncc(/C=C/C(=O)O)[nH]1. The van der Waals surface area contributed by atoms with Crippen molar-refractivity contribution in [2.75, 3.05) is 0 Å². The molecule has 74 valence electrons. The molecule has 0 saturated carbocycles. The summed E-state index contributed by atoms with van der Waals surface area (Å²) >= 11 is 0. The minimum Gasteiger partial charge on any atom is -0.478 e. The number of nitrogens with one attached hydrogen (secondary N) is 1. The van der Waals surface area contributed by atoms with Crippen LogP contribution in [0.3, 0.4) is 0 Å². The molecule has 0 saturated heterocycles. The number of carboxylic acid groups (broad SMARTS) is 1. The molecule has 0 aliphatic rings. The van der Waals surface area contributed by atoms with Crippen LogP contribution in [-0.4, -0.2) is 21.0 Å². The molecule has 1 heterocycles. The number of aromatic amines is 1. The molecule has 4 heteroatoms. The maximum atomic E-state index is 10.1. The van der Waals surface area contributed by atoms with Crippen LogP contribution in [0.25, 0.3) is 6.08 Å². The summed E-state index contributed by atoms with van der Waals surface area (Å²) in [5.74, 6) is -0.188. The van der Waals surface area contributed by atoms with Gasteiger partial charge in [-0.05, 0) is 13.0 Å². The van der Waals surface area contributed by atoms with Crippen molar-refractivity contribution in [3.8, 4) is 0 Å². The van der Waals surface area contributed by atoms with E-state index in [2.05, 4.69) is 9.97 Å². The molecular formula is C9H16N2O2. The molecule has 1 aromatic heterocycles.